The van der Waals surface area contributed by atoms with E-state index in [1.54, 1.807) is 6.92 Å². The van der Waals surface area contributed by atoms with Gasteiger partial charge in [-0.2, -0.15) is 0 Å². The normalized spacial score (nSPS) is 12.5. The Morgan fingerprint density at radius 3 is 2.27 bits per heavy atom. The summed E-state index contributed by atoms with van der Waals surface area (Å²) in [5.41, 5.74) is 1.74. The molecule has 1 rings (SSSR count). The lowest BCUT2D eigenvalue weighted by molar-refractivity contribution is 0.199. The summed E-state index contributed by atoms with van der Waals surface area (Å²) in [6.45, 7) is 1.72. The Morgan fingerprint density at radius 1 is 1.36 bits per heavy atom. The van der Waals surface area contributed by atoms with Gasteiger partial charge in [0.25, 0.3) is 0 Å². The van der Waals surface area contributed by atoms with E-state index < -0.39 is 6.10 Å². The monoisotopic (exact) mass is 149 g/mol. The highest BCUT2D eigenvalue weighted by molar-refractivity contribution is 5.76. The second kappa shape index (κ2) is 3.30. The third-order valence-electron chi connectivity index (χ3n) is 1.59. The fraction of sp³-hybridized carbons (Fsp3) is 0.222. The Kier molecular flexibility index (Phi) is 2.39. The van der Waals surface area contributed by atoms with Crippen LogP contribution in [0.5, 0.6) is 0 Å². The van der Waals surface area contributed by atoms with Gasteiger partial charge in [-0.25, -0.2) is 0 Å². The molecule has 1 aromatic carbocycles. The van der Waals surface area contributed by atoms with Crippen molar-refractivity contribution in [3.8, 4) is 0 Å². The fourth-order valence-electron chi connectivity index (χ4n) is 0.871. The van der Waals surface area contributed by atoms with Crippen molar-refractivity contribution in [3.05, 3.63) is 35.4 Å². The predicted octanol–water partition coefficient (Wildman–Crippen LogP) is 1.74. The van der Waals surface area contributed by atoms with Crippen molar-refractivity contribution in [1.29, 1.82) is 5.41 Å². The van der Waals surface area contributed by atoms with Crippen molar-refractivity contribution in [2.24, 2.45) is 0 Å². The van der Waals surface area contributed by atoms with Crippen LogP contribution in [-0.4, -0.2) is 11.3 Å². The minimum absolute atomic E-state index is 0.421. The van der Waals surface area contributed by atoms with Gasteiger partial charge < -0.3 is 10.5 Å². The van der Waals surface area contributed by atoms with Gasteiger partial charge >= 0.3 is 0 Å². The first-order valence-electron chi connectivity index (χ1n) is 3.52. The summed E-state index contributed by atoms with van der Waals surface area (Å²) in [7, 11) is 0. The fourth-order valence-corrected chi connectivity index (χ4v) is 0.871. The lowest BCUT2D eigenvalue weighted by Gasteiger charge is -2.03. The molecule has 0 fully saturated rings. The van der Waals surface area contributed by atoms with Gasteiger partial charge in [0.05, 0.1) is 6.10 Å². The molecule has 2 nitrogen and oxygen atoms in total. The second-order valence-electron chi connectivity index (χ2n) is 2.49. The number of aliphatic hydroxyl groups is 1. The molecule has 11 heavy (non-hydrogen) atoms. The molecule has 2 N–H and O–H groups in total. The summed E-state index contributed by atoms with van der Waals surface area (Å²) in [6, 6.07) is 7.28. The van der Waals surface area contributed by atoms with Crippen LogP contribution in [-0.2, 0) is 0 Å². The SMILES string of the molecule is CC(O)c1ccc(C=N)cc1. The van der Waals surface area contributed by atoms with Crippen LogP contribution < -0.4 is 0 Å². The Balaban J connectivity index is 2.91. The summed E-state index contributed by atoms with van der Waals surface area (Å²) in [5, 5.41) is 16.1. The quantitative estimate of drug-likeness (QED) is 0.618. The van der Waals surface area contributed by atoms with Gasteiger partial charge in [0.1, 0.15) is 0 Å². The summed E-state index contributed by atoms with van der Waals surface area (Å²) in [4.78, 5) is 0. The van der Waals surface area contributed by atoms with E-state index in [9.17, 15) is 0 Å². The zero-order valence-electron chi connectivity index (χ0n) is 6.41. The standard InChI is InChI=1S/C9H11NO/c1-7(11)9-4-2-8(6-10)3-5-9/h2-7,10-11H,1H3. The lowest BCUT2D eigenvalue weighted by Crippen LogP contribution is -1.90. The number of benzene rings is 1. The summed E-state index contributed by atoms with van der Waals surface area (Å²) < 4.78 is 0. The van der Waals surface area contributed by atoms with Crippen LogP contribution >= 0.6 is 0 Å². The minimum atomic E-state index is -0.421. The van der Waals surface area contributed by atoms with E-state index >= 15 is 0 Å². The number of nitrogens with one attached hydrogen (secondary N) is 1. The average molecular weight is 149 g/mol. The molecule has 0 aliphatic rings. The van der Waals surface area contributed by atoms with Gasteiger partial charge in [0, 0.05) is 6.21 Å². The molecule has 0 amide bonds. The maximum absolute atomic E-state index is 9.13. The molecular weight excluding hydrogens is 138 g/mol. The van der Waals surface area contributed by atoms with E-state index in [0.717, 1.165) is 11.1 Å². The smallest absolute Gasteiger partial charge is 0.0761 e. The highest BCUT2D eigenvalue weighted by Crippen LogP contribution is 2.11. The van der Waals surface area contributed by atoms with E-state index in [-0.39, 0.29) is 0 Å². The Labute approximate surface area is 66.0 Å². The maximum atomic E-state index is 9.13. The van der Waals surface area contributed by atoms with Crippen LogP contribution in [0.1, 0.15) is 24.2 Å². The third kappa shape index (κ3) is 1.88. The molecule has 0 bridgehead atoms. The van der Waals surface area contributed by atoms with Crippen LogP contribution in [0.2, 0.25) is 0 Å². The van der Waals surface area contributed by atoms with Crippen LogP contribution in [0.4, 0.5) is 0 Å². The van der Waals surface area contributed by atoms with Crippen molar-refractivity contribution in [2.75, 3.05) is 0 Å². The molecular formula is C9H11NO. The van der Waals surface area contributed by atoms with Crippen molar-refractivity contribution >= 4 is 6.21 Å². The van der Waals surface area contributed by atoms with E-state index in [0.29, 0.717) is 0 Å². The number of hydrogen-bond donors (Lipinski definition) is 2. The number of aliphatic hydroxyl groups excluding tert-OH is 1. The van der Waals surface area contributed by atoms with Gasteiger partial charge in [-0.05, 0) is 18.1 Å². The summed E-state index contributed by atoms with van der Waals surface area (Å²) in [5.74, 6) is 0. The molecule has 0 heterocycles. The van der Waals surface area contributed by atoms with Gasteiger partial charge in [0.2, 0.25) is 0 Å². The van der Waals surface area contributed by atoms with E-state index in [1.807, 2.05) is 24.3 Å². The number of hydrogen-bond acceptors (Lipinski definition) is 2. The first kappa shape index (κ1) is 7.95. The first-order valence-corrected chi connectivity index (χ1v) is 3.52. The van der Waals surface area contributed by atoms with E-state index in [1.165, 1.54) is 6.21 Å². The largest absolute Gasteiger partial charge is 0.389 e. The second-order valence-corrected chi connectivity index (χ2v) is 2.49. The molecule has 2 heteroatoms. The van der Waals surface area contributed by atoms with Gasteiger partial charge in [-0.3, -0.25) is 0 Å². The van der Waals surface area contributed by atoms with E-state index in [4.69, 9.17) is 10.5 Å². The molecule has 1 aromatic rings. The van der Waals surface area contributed by atoms with Gasteiger partial charge in [-0.1, -0.05) is 24.3 Å². The molecule has 0 saturated carbocycles. The molecule has 0 saturated heterocycles. The maximum Gasteiger partial charge on any atom is 0.0761 e. The molecule has 1 unspecified atom stereocenters. The molecule has 0 aliphatic heterocycles. The molecule has 0 spiro atoms. The Morgan fingerprint density at radius 2 is 1.91 bits per heavy atom. The average Bonchev–Trinajstić information content (AvgIpc) is 2.05. The van der Waals surface area contributed by atoms with E-state index in [2.05, 4.69) is 0 Å². The topological polar surface area (TPSA) is 44.1 Å². The molecule has 0 radical (unpaired) electrons. The van der Waals surface area contributed by atoms with Crippen molar-refractivity contribution in [2.45, 2.75) is 13.0 Å². The number of rotatable bonds is 2. The van der Waals surface area contributed by atoms with Crippen molar-refractivity contribution < 1.29 is 5.11 Å². The highest BCUT2D eigenvalue weighted by Gasteiger charge is 1.97. The van der Waals surface area contributed by atoms with Crippen molar-refractivity contribution in [1.82, 2.24) is 0 Å². The van der Waals surface area contributed by atoms with Crippen LogP contribution in [0, 0.1) is 5.41 Å². The zero-order valence-corrected chi connectivity index (χ0v) is 6.41. The molecule has 58 valence electrons. The summed E-state index contributed by atoms with van der Waals surface area (Å²) >= 11 is 0. The predicted molar refractivity (Wildman–Crippen MR) is 45.0 cm³/mol. The highest BCUT2D eigenvalue weighted by atomic mass is 16.3. The Hall–Kier alpha value is -1.15. The van der Waals surface area contributed by atoms with Crippen LogP contribution in [0.3, 0.4) is 0 Å². The Bertz CT molecular complexity index is 238. The van der Waals surface area contributed by atoms with Crippen molar-refractivity contribution in [3.63, 3.8) is 0 Å². The van der Waals surface area contributed by atoms with Crippen LogP contribution in [0.15, 0.2) is 24.3 Å². The van der Waals surface area contributed by atoms with Gasteiger partial charge in [0.15, 0.2) is 0 Å². The summed E-state index contributed by atoms with van der Waals surface area (Å²) in [6.07, 6.45) is 0.862. The molecule has 0 aliphatic carbocycles. The minimum Gasteiger partial charge on any atom is -0.389 e. The lowest BCUT2D eigenvalue weighted by atomic mass is 10.1. The molecule has 0 aromatic heterocycles. The zero-order chi connectivity index (χ0) is 8.27. The van der Waals surface area contributed by atoms with Crippen LogP contribution in [0.25, 0.3) is 0 Å². The molecule has 1 atom stereocenters. The third-order valence-corrected chi connectivity index (χ3v) is 1.59. The van der Waals surface area contributed by atoms with Gasteiger partial charge in [-0.15, -0.1) is 0 Å². The first-order chi connectivity index (χ1) is 5.24.